The maximum Gasteiger partial charge on any atom is 0.271 e. The van der Waals surface area contributed by atoms with E-state index < -0.39 is 17.1 Å². The number of ketones is 1. The number of nitrogens with one attached hydrogen (secondary N) is 1. The van der Waals surface area contributed by atoms with Gasteiger partial charge in [-0.25, -0.2) is 0 Å². The first-order chi connectivity index (χ1) is 15.7. The molecule has 2 aromatic carbocycles. The Labute approximate surface area is 193 Å². The number of nitrogen functional groups attached to an aromatic ring is 1. The highest BCUT2D eigenvalue weighted by molar-refractivity contribution is 6.15. The lowest BCUT2D eigenvalue weighted by Gasteiger charge is -2.34. The predicted octanol–water partition coefficient (Wildman–Crippen LogP) is 2.87. The number of benzene rings is 2. The minimum absolute atomic E-state index is 0.0942. The summed E-state index contributed by atoms with van der Waals surface area (Å²) in [5.74, 6) is -1.45. The molecule has 2 aromatic rings. The molecule has 1 heterocycles. The van der Waals surface area contributed by atoms with Crippen LogP contribution in [0.1, 0.15) is 66.1 Å². The van der Waals surface area contributed by atoms with Crippen LogP contribution in [0.3, 0.4) is 0 Å². The van der Waals surface area contributed by atoms with E-state index >= 15 is 0 Å². The van der Waals surface area contributed by atoms with Crippen molar-refractivity contribution in [2.75, 3.05) is 25.9 Å². The maximum atomic E-state index is 13.9. The largest absolute Gasteiger partial charge is 0.454 e. The Kier molecular flexibility index (Phi) is 5.03. The number of nitrogens with zero attached hydrogens (tertiary/aromatic N) is 1. The van der Waals surface area contributed by atoms with Gasteiger partial charge in [0.15, 0.2) is 0 Å². The van der Waals surface area contributed by atoms with Gasteiger partial charge in [0, 0.05) is 16.8 Å². The van der Waals surface area contributed by atoms with Crippen LogP contribution in [0.4, 0.5) is 5.69 Å². The van der Waals surface area contributed by atoms with E-state index in [4.69, 9.17) is 10.5 Å². The molecule has 7 heteroatoms. The highest BCUT2D eigenvalue weighted by atomic mass is 16.6. The number of Topliss-reactive ketones (excluding diaryl/α,β-unsaturated/α-hetero) is 1. The fourth-order valence-electron chi connectivity index (χ4n) is 5.49. The second kappa shape index (κ2) is 7.57. The molecular formula is C26H31N3O4. The van der Waals surface area contributed by atoms with Crippen LogP contribution in [-0.2, 0) is 16.1 Å². The van der Waals surface area contributed by atoms with Gasteiger partial charge in [0.05, 0.1) is 12.1 Å². The maximum absolute atomic E-state index is 13.9. The normalized spacial score (nSPS) is 25.9. The van der Waals surface area contributed by atoms with Crippen LogP contribution in [0.15, 0.2) is 36.4 Å². The van der Waals surface area contributed by atoms with Crippen molar-refractivity contribution in [3.8, 4) is 5.75 Å². The molecule has 1 aliphatic heterocycles. The van der Waals surface area contributed by atoms with E-state index in [0.29, 0.717) is 23.1 Å². The molecule has 0 bridgehead atoms. The van der Waals surface area contributed by atoms with Crippen molar-refractivity contribution < 1.29 is 19.4 Å². The summed E-state index contributed by atoms with van der Waals surface area (Å²) < 4.78 is 6.17. The van der Waals surface area contributed by atoms with E-state index in [1.807, 2.05) is 37.1 Å². The summed E-state index contributed by atoms with van der Waals surface area (Å²) in [7, 11) is 1.85. The summed E-state index contributed by atoms with van der Waals surface area (Å²) >= 11 is 0. The molecule has 0 aromatic heterocycles. The molecule has 1 unspecified atom stereocenters. The predicted molar refractivity (Wildman–Crippen MR) is 125 cm³/mol. The quantitative estimate of drug-likeness (QED) is 0.562. The number of likely N-dealkylation sites (N-methyl/N-ethyl adjacent to an activating group) is 1. The van der Waals surface area contributed by atoms with E-state index in [0.717, 1.165) is 18.5 Å². The Hall–Kier alpha value is -2.90. The summed E-state index contributed by atoms with van der Waals surface area (Å²) in [6.07, 6.45) is 3.31. The molecule has 0 radical (unpaired) electrons. The van der Waals surface area contributed by atoms with Crippen molar-refractivity contribution >= 4 is 17.4 Å². The van der Waals surface area contributed by atoms with Gasteiger partial charge in [-0.15, -0.1) is 0 Å². The molecule has 1 amide bonds. The number of aliphatic hydroxyl groups is 1. The lowest BCUT2D eigenvalue weighted by Crippen LogP contribution is -2.61. The zero-order valence-electron chi connectivity index (χ0n) is 19.4. The van der Waals surface area contributed by atoms with Gasteiger partial charge in [0.2, 0.25) is 17.2 Å². The second-order valence-electron chi connectivity index (χ2n) is 9.76. The number of nitrogens with two attached hydrogens (primary N) is 1. The number of amides is 1. The number of carbonyl (C=O) groups is 2. The highest BCUT2D eigenvalue weighted by Gasteiger charge is 2.72. The van der Waals surface area contributed by atoms with E-state index in [1.54, 1.807) is 18.2 Å². The molecule has 0 saturated heterocycles. The topological polar surface area (TPSA) is 105 Å². The first-order valence-corrected chi connectivity index (χ1v) is 11.7. The third kappa shape index (κ3) is 3.09. The van der Waals surface area contributed by atoms with Gasteiger partial charge in [-0.2, -0.15) is 0 Å². The van der Waals surface area contributed by atoms with Gasteiger partial charge >= 0.3 is 0 Å². The van der Waals surface area contributed by atoms with Crippen molar-refractivity contribution in [1.29, 1.82) is 0 Å². The summed E-state index contributed by atoms with van der Waals surface area (Å²) in [4.78, 5) is 28.9. The number of ether oxygens (including phenoxy) is 1. The molecule has 7 nitrogen and oxygen atoms in total. The van der Waals surface area contributed by atoms with Crippen molar-refractivity contribution in [3.05, 3.63) is 58.7 Å². The number of anilines is 1. The minimum Gasteiger partial charge on any atom is -0.454 e. The van der Waals surface area contributed by atoms with Gasteiger partial charge in [-0.05, 0) is 62.4 Å². The third-order valence-corrected chi connectivity index (χ3v) is 7.41. The molecule has 3 atom stereocenters. The zero-order chi connectivity index (χ0) is 23.5. The SMILES string of the molecule is CCCN(C)CC(=O)N[C@]12C(=O)c3c(N)cccc3[C@@]1(O)Oc1cc(C(C)C3CC3)ccc12. The molecule has 2 aliphatic carbocycles. The van der Waals surface area contributed by atoms with Crippen molar-refractivity contribution in [2.24, 2.45) is 5.92 Å². The fraction of sp³-hybridized carbons (Fsp3) is 0.462. The fourth-order valence-corrected chi connectivity index (χ4v) is 5.49. The number of fused-ring (bicyclic) bond motifs is 5. The third-order valence-electron chi connectivity index (χ3n) is 7.41. The summed E-state index contributed by atoms with van der Waals surface area (Å²) in [5.41, 5.74) is 6.66. The van der Waals surface area contributed by atoms with Crippen molar-refractivity contribution in [3.63, 3.8) is 0 Å². The first-order valence-electron chi connectivity index (χ1n) is 11.7. The lowest BCUT2D eigenvalue weighted by molar-refractivity contribution is -0.175. The molecule has 1 fully saturated rings. The molecule has 33 heavy (non-hydrogen) atoms. The number of hydrogen-bond donors (Lipinski definition) is 3. The van der Waals surface area contributed by atoms with E-state index in [-0.39, 0.29) is 29.3 Å². The number of hydrogen-bond acceptors (Lipinski definition) is 6. The standard InChI is InChI=1S/C26H31N3O4/c1-4-12-29(3)14-22(30)28-25-18-11-10-17(15(2)16-8-9-16)13-21(18)33-26(25,32)19-6-5-7-20(27)23(19)24(25)31/h5-7,10-11,13,15-16,32H,4,8-9,12,14,27H2,1-3H3,(H,28,30)/t15?,25-,26-/m1/s1. The van der Waals surface area contributed by atoms with Gasteiger partial charge in [0.25, 0.3) is 5.79 Å². The summed E-state index contributed by atoms with van der Waals surface area (Å²) in [5, 5.41) is 14.8. The lowest BCUT2D eigenvalue weighted by atomic mass is 9.82. The monoisotopic (exact) mass is 449 g/mol. The Bertz CT molecular complexity index is 1140. The Morgan fingerprint density at radius 1 is 1.30 bits per heavy atom. The van der Waals surface area contributed by atoms with E-state index in [1.165, 1.54) is 12.8 Å². The molecule has 5 rings (SSSR count). The Morgan fingerprint density at radius 3 is 2.76 bits per heavy atom. The van der Waals surface area contributed by atoms with Crippen molar-refractivity contribution in [1.82, 2.24) is 10.2 Å². The van der Waals surface area contributed by atoms with Crippen LogP contribution in [0.25, 0.3) is 0 Å². The van der Waals surface area contributed by atoms with Crippen LogP contribution in [0, 0.1) is 5.92 Å². The van der Waals surface area contributed by atoms with Gasteiger partial charge in [0.1, 0.15) is 5.75 Å². The average molecular weight is 450 g/mol. The summed E-state index contributed by atoms with van der Waals surface area (Å²) in [6, 6.07) is 10.6. The van der Waals surface area contributed by atoms with Gasteiger partial charge < -0.3 is 20.9 Å². The number of rotatable bonds is 7. The Balaban J connectivity index is 1.61. The minimum atomic E-state index is -2.07. The van der Waals surface area contributed by atoms with Crippen LogP contribution >= 0.6 is 0 Å². The summed E-state index contributed by atoms with van der Waals surface area (Å²) in [6.45, 7) is 5.05. The van der Waals surface area contributed by atoms with Crippen LogP contribution in [0.5, 0.6) is 5.75 Å². The van der Waals surface area contributed by atoms with E-state index in [2.05, 4.69) is 12.2 Å². The van der Waals surface area contributed by atoms with Gasteiger partial charge in [-0.1, -0.05) is 38.1 Å². The molecular weight excluding hydrogens is 418 g/mol. The van der Waals surface area contributed by atoms with Crippen LogP contribution in [-0.4, -0.2) is 41.8 Å². The Morgan fingerprint density at radius 2 is 2.06 bits per heavy atom. The zero-order valence-corrected chi connectivity index (χ0v) is 19.4. The molecule has 1 saturated carbocycles. The highest BCUT2D eigenvalue weighted by Crippen LogP contribution is 2.59. The van der Waals surface area contributed by atoms with Crippen LogP contribution < -0.4 is 15.8 Å². The van der Waals surface area contributed by atoms with Gasteiger partial charge in [-0.3, -0.25) is 14.5 Å². The van der Waals surface area contributed by atoms with Crippen molar-refractivity contribution in [2.45, 2.75) is 50.4 Å². The molecule has 4 N–H and O–H groups in total. The molecule has 3 aliphatic rings. The first kappa shape index (κ1) is 21.9. The number of carbonyl (C=O) groups excluding carboxylic acids is 2. The molecule has 174 valence electrons. The van der Waals surface area contributed by atoms with E-state index in [9.17, 15) is 14.7 Å². The molecule has 0 spiro atoms. The average Bonchev–Trinajstić information content (AvgIpc) is 3.55. The van der Waals surface area contributed by atoms with Crippen LogP contribution in [0.2, 0.25) is 0 Å². The second-order valence-corrected chi connectivity index (χ2v) is 9.76. The smallest absolute Gasteiger partial charge is 0.271 e.